The van der Waals surface area contributed by atoms with Crippen LogP contribution in [0.3, 0.4) is 0 Å². The van der Waals surface area contributed by atoms with E-state index in [-0.39, 0.29) is 22.9 Å². The van der Waals surface area contributed by atoms with Crippen molar-refractivity contribution >= 4 is 17.5 Å². The number of halogens is 1. The summed E-state index contributed by atoms with van der Waals surface area (Å²) in [7, 11) is 0. The maximum atomic E-state index is 13.0. The number of phenols is 1. The molecule has 132 valence electrons. The Morgan fingerprint density at radius 1 is 1.08 bits per heavy atom. The second kappa shape index (κ2) is 7.79. The molecule has 0 aliphatic heterocycles. The van der Waals surface area contributed by atoms with E-state index in [0.717, 1.165) is 5.56 Å². The number of phenolic OH excluding ortho intramolecular Hbond substituents is 1. The first-order chi connectivity index (χ1) is 11.8. The van der Waals surface area contributed by atoms with Crippen molar-refractivity contribution in [3.05, 3.63) is 59.4 Å². The third-order valence-electron chi connectivity index (χ3n) is 3.75. The number of benzene rings is 2. The zero-order valence-corrected chi connectivity index (χ0v) is 14.3. The van der Waals surface area contributed by atoms with Gasteiger partial charge < -0.3 is 15.7 Å². The summed E-state index contributed by atoms with van der Waals surface area (Å²) in [5.41, 5.74) is 1.40. The summed E-state index contributed by atoms with van der Waals surface area (Å²) < 4.78 is 13.0. The van der Waals surface area contributed by atoms with E-state index in [1.807, 2.05) is 6.92 Å². The third-order valence-corrected chi connectivity index (χ3v) is 3.75. The van der Waals surface area contributed by atoms with Gasteiger partial charge in [-0.3, -0.25) is 9.59 Å². The molecule has 3 N–H and O–H groups in total. The van der Waals surface area contributed by atoms with Crippen molar-refractivity contribution in [2.24, 2.45) is 5.92 Å². The van der Waals surface area contributed by atoms with Crippen LogP contribution in [0.2, 0.25) is 0 Å². The van der Waals surface area contributed by atoms with Crippen LogP contribution in [0.15, 0.2) is 42.5 Å². The number of rotatable bonds is 5. The molecule has 1 atom stereocenters. The topological polar surface area (TPSA) is 78.4 Å². The molecule has 0 spiro atoms. The van der Waals surface area contributed by atoms with Gasteiger partial charge in [0, 0.05) is 5.56 Å². The molecular formula is C19H21FN2O3. The van der Waals surface area contributed by atoms with E-state index < -0.39 is 23.7 Å². The van der Waals surface area contributed by atoms with Crippen molar-refractivity contribution in [2.75, 3.05) is 5.32 Å². The van der Waals surface area contributed by atoms with Crippen molar-refractivity contribution in [3.63, 3.8) is 0 Å². The summed E-state index contributed by atoms with van der Waals surface area (Å²) in [6, 6.07) is 9.17. The van der Waals surface area contributed by atoms with Crippen LogP contribution in [0, 0.1) is 18.7 Å². The Balaban J connectivity index is 2.12. The van der Waals surface area contributed by atoms with E-state index in [1.54, 1.807) is 26.0 Å². The quantitative estimate of drug-likeness (QED) is 0.729. The minimum absolute atomic E-state index is 0.0410. The minimum atomic E-state index is -0.807. The van der Waals surface area contributed by atoms with Crippen molar-refractivity contribution in [2.45, 2.75) is 26.8 Å². The lowest BCUT2D eigenvalue weighted by Crippen LogP contribution is -2.47. The van der Waals surface area contributed by atoms with Crippen LogP contribution in [0.25, 0.3) is 0 Å². The first-order valence-electron chi connectivity index (χ1n) is 7.95. The lowest BCUT2D eigenvalue weighted by atomic mass is 10.0. The molecule has 0 radical (unpaired) electrons. The number of aromatic hydroxyl groups is 1. The van der Waals surface area contributed by atoms with Gasteiger partial charge in [0.2, 0.25) is 5.91 Å². The first-order valence-corrected chi connectivity index (χ1v) is 7.95. The average molecular weight is 344 g/mol. The summed E-state index contributed by atoms with van der Waals surface area (Å²) in [6.07, 6.45) is 0. The van der Waals surface area contributed by atoms with Crippen LogP contribution in [-0.4, -0.2) is 23.0 Å². The summed E-state index contributed by atoms with van der Waals surface area (Å²) in [5, 5.41) is 15.2. The van der Waals surface area contributed by atoms with E-state index in [4.69, 9.17) is 0 Å². The number of anilines is 1. The van der Waals surface area contributed by atoms with Gasteiger partial charge in [-0.05, 0) is 54.8 Å². The largest absolute Gasteiger partial charge is 0.506 e. The molecule has 6 heteroatoms. The van der Waals surface area contributed by atoms with Gasteiger partial charge in [0.1, 0.15) is 17.6 Å². The number of hydrogen-bond donors (Lipinski definition) is 3. The summed E-state index contributed by atoms with van der Waals surface area (Å²) in [6.45, 7) is 5.42. The number of hydrogen-bond acceptors (Lipinski definition) is 3. The highest BCUT2D eigenvalue weighted by molar-refractivity contribution is 6.01. The average Bonchev–Trinajstić information content (AvgIpc) is 2.55. The molecule has 25 heavy (non-hydrogen) atoms. The predicted molar refractivity (Wildman–Crippen MR) is 94.0 cm³/mol. The highest BCUT2D eigenvalue weighted by atomic mass is 19.1. The van der Waals surface area contributed by atoms with Gasteiger partial charge in [-0.25, -0.2) is 4.39 Å². The fourth-order valence-corrected chi connectivity index (χ4v) is 2.32. The fraction of sp³-hybridized carbons (Fsp3) is 0.263. The molecule has 0 saturated heterocycles. The summed E-state index contributed by atoms with van der Waals surface area (Å²) in [4.78, 5) is 24.8. The SMILES string of the molecule is Cc1ccc(NC(=O)[C@H](NC(=O)c2ccc(F)cc2)C(C)C)c(O)c1. The molecule has 0 aliphatic rings. The van der Waals surface area contributed by atoms with Crippen molar-refractivity contribution < 1.29 is 19.1 Å². The lowest BCUT2D eigenvalue weighted by molar-refractivity contribution is -0.118. The second-order valence-corrected chi connectivity index (χ2v) is 6.21. The number of amides is 2. The van der Waals surface area contributed by atoms with E-state index >= 15 is 0 Å². The maximum absolute atomic E-state index is 13.0. The molecule has 0 heterocycles. The number of carbonyl (C=O) groups excluding carboxylic acids is 2. The number of carbonyl (C=O) groups is 2. The molecule has 5 nitrogen and oxygen atoms in total. The van der Waals surface area contributed by atoms with Crippen molar-refractivity contribution in [1.82, 2.24) is 5.32 Å². The van der Waals surface area contributed by atoms with E-state index in [0.29, 0.717) is 0 Å². The first kappa shape index (κ1) is 18.4. The molecule has 2 aromatic rings. The number of nitrogens with one attached hydrogen (secondary N) is 2. The monoisotopic (exact) mass is 344 g/mol. The molecule has 0 fully saturated rings. The molecular weight excluding hydrogens is 323 g/mol. The fourth-order valence-electron chi connectivity index (χ4n) is 2.32. The molecule has 0 aromatic heterocycles. The van der Waals surface area contributed by atoms with Crippen LogP contribution >= 0.6 is 0 Å². The van der Waals surface area contributed by atoms with Crippen LogP contribution in [0.5, 0.6) is 5.75 Å². The highest BCUT2D eigenvalue weighted by Crippen LogP contribution is 2.24. The van der Waals surface area contributed by atoms with Gasteiger partial charge >= 0.3 is 0 Å². The third kappa shape index (κ3) is 4.79. The number of aryl methyl sites for hydroxylation is 1. The van der Waals surface area contributed by atoms with Crippen LogP contribution < -0.4 is 10.6 Å². The molecule has 2 rings (SSSR count). The summed E-state index contributed by atoms with van der Waals surface area (Å²) >= 11 is 0. The summed E-state index contributed by atoms with van der Waals surface area (Å²) in [5.74, 6) is -1.58. The van der Waals surface area contributed by atoms with E-state index in [2.05, 4.69) is 10.6 Å². The van der Waals surface area contributed by atoms with E-state index in [9.17, 15) is 19.1 Å². The zero-order valence-electron chi connectivity index (χ0n) is 14.3. The molecule has 0 aliphatic carbocycles. The Bertz CT molecular complexity index is 773. The van der Waals surface area contributed by atoms with Gasteiger partial charge in [0.05, 0.1) is 5.69 Å². The Hall–Kier alpha value is -2.89. The standard InChI is InChI=1S/C19H21FN2O3/c1-11(2)17(22-18(24)13-5-7-14(20)8-6-13)19(25)21-15-9-4-12(3)10-16(15)23/h4-11,17,23H,1-3H3,(H,21,25)(H,22,24)/t17-/m1/s1. The minimum Gasteiger partial charge on any atom is -0.506 e. The molecule has 0 unspecified atom stereocenters. The Labute approximate surface area is 145 Å². The molecule has 0 bridgehead atoms. The highest BCUT2D eigenvalue weighted by Gasteiger charge is 2.25. The predicted octanol–water partition coefficient (Wildman–Crippen LogP) is 3.23. The van der Waals surface area contributed by atoms with Crippen LogP contribution in [0.4, 0.5) is 10.1 Å². The van der Waals surface area contributed by atoms with E-state index in [1.165, 1.54) is 30.3 Å². The normalized spacial score (nSPS) is 11.9. The lowest BCUT2D eigenvalue weighted by Gasteiger charge is -2.22. The van der Waals surface area contributed by atoms with Crippen LogP contribution in [-0.2, 0) is 4.79 Å². The smallest absolute Gasteiger partial charge is 0.251 e. The van der Waals surface area contributed by atoms with Gasteiger partial charge in [-0.15, -0.1) is 0 Å². The van der Waals surface area contributed by atoms with Crippen molar-refractivity contribution in [3.8, 4) is 5.75 Å². The Morgan fingerprint density at radius 3 is 2.28 bits per heavy atom. The molecule has 2 aromatic carbocycles. The second-order valence-electron chi connectivity index (χ2n) is 6.21. The van der Waals surface area contributed by atoms with Gasteiger partial charge in [0.15, 0.2) is 0 Å². The Morgan fingerprint density at radius 2 is 1.72 bits per heavy atom. The van der Waals surface area contributed by atoms with Gasteiger partial charge in [0.25, 0.3) is 5.91 Å². The maximum Gasteiger partial charge on any atom is 0.251 e. The van der Waals surface area contributed by atoms with Gasteiger partial charge in [-0.2, -0.15) is 0 Å². The molecule has 2 amide bonds. The molecule has 0 saturated carbocycles. The van der Waals surface area contributed by atoms with Crippen molar-refractivity contribution in [1.29, 1.82) is 0 Å². The Kier molecular flexibility index (Phi) is 5.75. The van der Waals surface area contributed by atoms with Gasteiger partial charge in [-0.1, -0.05) is 19.9 Å². The zero-order chi connectivity index (χ0) is 18.6. The van der Waals surface area contributed by atoms with Crippen LogP contribution in [0.1, 0.15) is 29.8 Å².